The van der Waals surface area contributed by atoms with Gasteiger partial charge in [-0.1, -0.05) is 44.2 Å². The molecule has 1 N–H and O–H groups in total. The number of carbonyl (C=O) groups is 1. The van der Waals surface area contributed by atoms with Gasteiger partial charge in [0, 0.05) is 50.7 Å². The van der Waals surface area contributed by atoms with Crippen LogP contribution in [0.4, 0.5) is 5.95 Å². The zero-order chi connectivity index (χ0) is 26.5. The van der Waals surface area contributed by atoms with Crippen LogP contribution in [0.1, 0.15) is 69.8 Å². The maximum atomic E-state index is 12.3. The molecule has 37 heavy (non-hydrogen) atoms. The van der Waals surface area contributed by atoms with E-state index in [2.05, 4.69) is 69.9 Å². The van der Waals surface area contributed by atoms with Gasteiger partial charge in [-0.3, -0.25) is 14.3 Å². The molecule has 1 aromatic carbocycles. The minimum atomic E-state index is -0.314. The molecule has 2 atom stereocenters. The molecule has 196 valence electrons. The van der Waals surface area contributed by atoms with E-state index in [1.165, 1.54) is 17.8 Å². The van der Waals surface area contributed by atoms with Crippen molar-refractivity contribution < 1.29 is 4.79 Å². The van der Waals surface area contributed by atoms with Crippen molar-refractivity contribution in [3.8, 4) is 0 Å². The van der Waals surface area contributed by atoms with Gasteiger partial charge in [-0.05, 0) is 44.4 Å². The Kier molecular flexibility index (Phi) is 8.33. The second-order valence-corrected chi connectivity index (χ2v) is 9.88. The van der Waals surface area contributed by atoms with Crippen LogP contribution < -0.4 is 11.0 Å². The summed E-state index contributed by atoms with van der Waals surface area (Å²) in [5.41, 5.74) is 2.68. The SMILES string of the molecule is C=CC(=O)N1CCN(C(CCC)c2ccc([C@H](C)Nc3ncc4cnc(=O)n(C(C)C)c4n3)cc2)CC1. The van der Waals surface area contributed by atoms with E-state index in [1.54, 1.807) is 10.8 Å². The highest BCUT2D eigenvalue weighted by Gasteiger charge is 2.26. The molecule has 9 nitrogen and oxygen atoms in total. The van der Waals surface area contributed by atoms with Gasteiger partial charge >= 0.3 is 5.69 Å². The van der Waals surface area contributed by atoms with E-state index in [1.807, 2.05) is 18.7 Å². The summed E-state index contributed by atoms with van der Waals surface area (Å²) in [6, 6.07) is 8.97. The number of nitrogens with zero attached hydrogens (tertiary/aromatic N) is 6. The number of hydrogen-bond donors (Lipinski definition) is 1. The predicted octanol–water partition coefficient (Wildman–Crippen LogP) is 4.11. The summed E-state index contributed by atoms with van der Waals surface area (Å²) in [5, 5.41) is 4.11. The van der Waals surface area contributed by atoms with Crippen molar-refractivity contribution in [1.82, 2.24) is 29.3 Å². The summed E-state index contributed by atoms with van der Waals surface area (Å²) in [6.45, 7) is 15.0. The third-order valence-corrected chi connectivity index (χ3v) is 7.03. The number of hydrogen-bond acceptors (Lipinski definition) is 7. The molecule has 2 aromatic heterocycles. The van der Waals surface area contributed by atoms with E-state index in [-0.39, 0.29) is 23.7 Å². The van der Waals surface area contributed by atoms with E-state index < -0.39 is 0 Å². The molecule has 3 heterocycles. The Morgan fingerprint density at radius 1 is 1.05 bits per heavy atom. The molecule has 0 bridgehead atoms. The number of rotatable bonds is 9. The lowest BCUT2D eigenvalue weighted by atomic mass is 9.97. The number of piperazine rings is 1. The summed E-state index contributed by atoms with van der Waals surface area (Å²) in [5.74, 6) is 0.483. The van der Waals surface area contributed by atoms with Gasteiger partial charge in [0.15, 0.2) is 5.65 Å². The Morgan fingerprint density at radius 3 is 2.32 bits per heavy atom. The molecule has 0 saturated carbocycles. The Balaban J connectivity index is 1.48. The minimum Gasteiger partial charge on any atom is -0.348 e. The molecular formula is C28H37N7O2. The summed E-state index contributed by atoms with van der Waals surface area (Å²) < 4.78 is 1.59. The second-order valence-electron chi connectivity index (χ2n) is 9.88. The van der Waals surface area contributed by atoms with Crippen LogP contribution in [0.2, 0.25) is 0 Å². The lowest BCUT2D eigenvalue weighted by Crippen LogP contribution is -2.49. The Bertz CT molecular complexity index is 1290. The van der Waals surface area contributed by atoms with Crippen LogP contribution in [0.5, 0.6) is 0 Å². The quantitative estimate of drug-likeness (QED) is 0.439. The average molecular weight is 504 g/mol. The summed E-state index contributed by atoms with van der Waals surface area (Å²) >= 11 is 0. The van der Waals surface area contributed by atoms with Crippen molar-refractivity contribution in [3.63, 3.8) is 0 Å². The van der Waals surface area contributed by atoms with Crippen molar-refractivity contribution >= 4 is 22.9 Å². The highest BCUT2D eigenvalue weighted by molar-refractivity contribution is 5.87. The first-order chi connectivity index (χ1) is 17.8. The number of nitrogens with one attached hydrogen (secondary N) is 1. The average Bonchev–Trinajstić information content (AvgIpc) is 2.91. The molecule has 1 aliphatic heterocycles. The van der Waals surface area contributed by atoms with Gasteiger partial charge in [0.1, 0.15) is 0 Å². The molecule has 3 aromatic rings. The fourth-order valence-corrected chi connectivity index (χ4v) is 4.98. The third-order valence-electron chi connectivity index (χ3n) is 7.03. The summed E-state index contributed by atoms with van der Waals surface area (Å²) in [6.07, 6.45) is 6.78. The Labute approximate surface area is 218 Å². The molecule has 1 amide bonds. The maximum absolute atomic E-state index is 12.3. The minimum absolute atomic E-state index is 0.0112. The van der Waals surface area contributed by atoms with Crippen LogP contribution in [0.15, 0.2) is 54.1 Å². The maximum Gasteiger partial charge on any atom is 0.349 e. The number of fused-ring (bicyclic) bond motifs is 1. The van der Waals surface area contributed by atoms with Crippen molar-refractivity contribution in [1.29, 1.82) is 0 Å². The third kappa shape index (κ3) is 5.88. The molecule has 9 heteroatoms. The Hall–Kier alpha value is -3.59. The normalized spacial score (nSPS) is 16.1. The first-order valence-corrected chi connectivity index (χ1v) is 13.1. The van der Waals surface area contributed by atoms with E-state index in [0.29, 0.717) is 17.6 Å². The van der Waals surface area contributed by atoms with Crippen LogP contribution >= 0.6 is 0 Å². The fraction of sp³-hybridized carbons (Fsp3) is 0.464. The highest BCUT2D eigenvalue weighted by Crippen LogP contribution is 2.29. The van der Waals surface area contributed by atoms with Crippen molar-refractivity contribution in [2.75, 3.05) is 31.5 Å². The molecule has 1 saturated heterocycles. The fourth-order valence-electron chi connectivity index (χ4n) is 4.98. The van der Waals surface area contributed by atoms with E-state index in [4.69, 9.17) is 0 Å². The van der Waals surface area contributed by atoms with Gasteiger partial charge < -0.3 is 10.2 Å². The van der Waals surface area contributed by atoms with Crippen LogP contribution in [-0.2, 0) is 4.79 Å². The largest absolute Gasteiger partial charge is 0.349 e. The van der Waals surface area contributed by atoms with E-state index in [0.717, 1.165) is 50.0 Å². The van der Waals surface area contributed by atoms with Crippen LogP contribution in [0.3, 0.4) is 0 Å². The number of carbonyl (C=O) groups excluding carboxylic acids is 1. The molecule has 0 aliphatic carbocycles. The van der Waals surface area contributed by atoms with Crippen molar-refractivity contribution in [2.45, 2.75) is 58.7 Å². The Morgan fingerprint density at radius 2 is 1.70 bits per heavy atom. The number of anilines is 1. The van der Waals surface area contributed by atoms with Gasteiger partial charge in [-0.15, -0.1) is 0 Å². The lowest BCUT2D eigenvalue weighted by molar-refractivity contribution is -0.128. The molecule has 1 unspecified atom stereocenters. The van der Waals surface area contributed by atoms with Gasteiger partial charge in [-0.25, -0.2) is 14.8 Å². The topological polar surface area (TPSA) is 96.3 Å². The van der Waals surface area contributed by atoms with Gasteiger partial charge in [0.25, 0.3) is 0 Å². The summed E-state index contributed by atoms with van der Waals surface area (Å²) in [4.78, 5) is 41.6. The van der Waals surface area contributed by atoms with Gasteiger partial charge in [-0.2, -0.15) is 4.98 Å². The number of aromatic nitrogens is 4. The van der Waals surface area contributed by atoms with Gasteiger partial charge in [0.05, 0.1) is 11.4 Å². The molecule has 0 radical (unpaired) electrons. The second kappa shape index (κ2) is 11.6. The van der Waals surface area contributed by atoms with Crippen LogP contribution in [0, 0.1) is 0 Å². The monoisotopic (exact) mass is 503 g/mol. The first kappa shape index (κ1) is 26.5. The van der Waals surface area contributed by atoms with E-state index in [9.17, 15) is 9.59 Å². The zero-order valence-electron chi connectivity index (χ0n) is 22.2. The molecule has 1 aliphatic rings. The first-order valence-electron chi connectivity index (χ1n) is 13.1. The van der Waals surface area contributed by atoms with Crippen LogP contribution in [-0.4, -0.2) is 61.4 Å². The van der Waals surface area contributed by atoms with Crippen molar-refractivity contribution in [3.05, 3.63) is 70.9 Å². The highest BCUT2D eigenvalue weighted by atomic mass is 16.2. The van der Waals surface area contributed by atoms with Crippen LogP contribution in [0.25, 0.3) is 11.0 Å². The number of amides is 1. The smallest absolute Gasteiger partial charge is 0.348 e. The number of benzene rings is 1. The van der Waals surface area contributed by atoms with Crippen molar-refractivity contribution in [2.24, 2.45) is 0 Å². The molecule has 1 fully saturated rings. The molecule has 0 spiro atoms. The van der Waals surface area contributed by atoms with Gasteiger partial charge in [0.2, 0.25) is 11.9 Å². The predicted molar refractivity (Wildman–Crippen MR) is 146 cm³/mol. The molecular weight excluding hydrogens is 466 g/mol. The standard InChI is InChI=1S/C28H37N7O2/c1-6-8-24(33-13-15-34(16-14-33)25(36)7-2)22-11-9-21(10-12-22)20(5)31-27-29-17-23-18-30-28(37)35(19(3)4)26(23)32-27/h7,9-12,17-20,24H,2,6,8,13-16H2,1,3-5H3,(H,29,31,32)/t20-,24?/m0/s1. The van der Waals surface area contributed by atoms with E-state index >= 15 is 0 Å². The molecule has 4 rings (SSSR count). The zero-order valence-corrected chi connectivity index (χ0v) is 22.2. The summed E-state index contributed by atoms with van der Waals surface area (Å²) in [7, 11) is 0. The lowest BCUT2D eigenvalue weighted by Gasteiger charge is -2.39.